The second-order valence-electron chi connectivity index (χ2n) is 5.78. The highest BCUT2D eigenvalue weighted by Crippen LogP contribution is 2.21. The fourth-order valence-electron chi connectivity index (χ4n) is 2.15. The van der Waals surface area contributed by atoms with E-state index in [1.165, 1.54) is 16.7 Å². The molecule has 0 saturated carbocycles. The topological polar surface area (TPSA) is 23.5 Å². The van der Waals surface area contributed by atoms with Crippen molar-refractivity contribution in [2.45, 2.75) is 48.0 Å². The third kappa shape index (κ3) is 18.3. The Morgan fingerprint density at radius 3 is 1.86 bits per heavy atom. The summed E-state index contributed by atoms with van der Waals surface area (Å²) >= 11 is 0. The van der Waals surface area contributed by atoms with Crippen molar-refractivity contribution in [3.05, 3.63) is 83.7 Å². The van der Waals surface area contributed by atoms with Gasteiger partial charge < -0.3 is 10.0 Å². The van der Waals surface area contributed by atoms with E-state index in [0.717, 1.165) is 19.5 Å². The van der Waals surface area contributed by atoms with Crippen LogP contribution in [0.25, 0.3) is 0 Å². The van der Waals surface area contributed by atoms with Gasteiger partial charge >= 0.3 is 0 Å². The van der Waals surface area contributed by atoms with Gasteiger partial charge in [-0.2, -0.15) is 0 Å². The lowest BCUT2D eigenvalue weighted by atomic mass is 9.97. The first-order valence-electron chi connectivity index (χ1n) is 9.79. The quantitative estimate of drug-likeness (QED) is 0.317. The highest BCUT2D eigenvalue weighted by atomic mass is 16.3. The van der Waals surface area contributed by atoms with Crippen LogP contribution in [0.2, 0.25) is 0 Å². The highest BCUT2D eigenvalue weighted by Gasteiger charge is 2.14. The predicted molar refractivity (Wildman–Crippen MR) is 129 cm³/mol. The van der Waals surface area contributed by atoms with Crippen molar-refractivity contribution in [3.63, 3.8) is 0 Å². The molecule has 1 aromatic carbocycles. The van der Waals surface area contributed by atoms with Crippen LogP contribution >= 0.6 is 0 Å². The molecule has 1 heterocycles. The van der Waals surface area contributed by atoms with Gasteiger partial charge in [0.15, 0.2) is 0 Å². The minimum absolute atomic E-state index is 0.143. The number of likely N-dealkylation sites (N-methyl/N-ethyl adjacent to an activating group) is 1. The fraction of sp³-hybridized carbons (Fsp3) is 0.385. The molecule has 0 radical (unpaired) electrons. The van der Waals surface area contributed by atoms with Gasteiger partial charge in [-0.3, -0.25) is 0 Å². The molecule has 1 aromatic rings. The van der Waals surface area contributed by atoms with Crippen molar-refractivity contribution in [1.29, 1.82) is 0 Å². The average molecular weight is 384 g/mol. The molecule has 0 unspecified atom stereocenters. The van der Waals surface area contributed by atoms with E-state index in [1.54, 1.807) is 6.08 Å². The first kappa shape index (κ1) is 30.2. The SMILES string of the molecule is C#C.C/C=C\C.C=C(O)/C=C1/CN(C)CC/C1=C/C.CC.Cc1ccccc1. The maximum Gasteiger partial charge on any atom is 0.108 e. The number of nitrogens with zero attached hydrogens (tertiary/aromatic N) is 1. The fourth-order valence-corrected chi connectivity index (χ4v) is 2.15. The zero-order valence-electron chi connectivity index (χ0n) is 19.1. The van der Waals surface area contributed by atoms with Gasteiger partial charge in [0.2, 0.25) is 0 Å². The van der Waals surface area contributed by atoms with E-state index in [9.17, 15) is 0 Å². The van der Waals surface area contributed by atoms with Crippen LogP contribution in [0.1, 0.15) is 46.6 Å². The molecule has 1 saturated heterocycles. The average Bonchev–Trinajstić information content (AvgIpc) is 2.72. The van der Waals surface area contributed by atoms with Crippen LogP contribution in [-0.4, -0.2) is 30.1 Å². The third-order valence-corrected chi connectivity index (χ3v) is 3.58. The monoisotopic (exact) mass is 383 g/mol. The van der Waals surface area contributed by atoms with E-state index in [4.69, 9.17) is 5.11 Å². The number of terminal acetylenes is 1. The van der Waals surface area contributed by atoms with E-state index >= 15 is 0 Å². The Morgan fingerprint density at radius 2 is 1.54 bits per heavy atom. The normalized spacial score (nSPS) is 15.6. The van der Waals surface area contributed by atoms with Crippen LogP contribution in [0.15, 0.2) is 78.1 Å². The number of aliphatic hydroxyl groups excluding tert-OH is 1. The van der Waals surface area contributed by atoms with Crippen molar-refractivity contribution >= 4 is 0 Å². The zero-order chi connectivity index (χ0) is 22.4. The van der Waals surface area contributed by atoms with Gasteiger partial charge in [0, 0.05) is 13.1 Å². The number of hydrogen-bond donors (Lipinski definition) is 1. The maximum absolute atomic E-state index is 9.09. The molecule has 2 nitrogen and oxygen atoms in total. The van der Waals surface area contributed by atoms with Crippen LogP contribution in [0.5, 0.6) is 0 Å². The van der Waals surface area contributed by atoms with Crippen molar-refractivity contribution in [3.8, 4) is 12.8 Å². The van der Waals surface area contributed by atoms with Gasteiger partial charge in [-0.15, -0.1) is 12.8 Å². The summed E-state index contributed by atoms with van der Waals surface area (Å²) in [4.78, 5) is 2.24. The zero-order valence-corrected chi connectivity index (χ0v) is 19.1. The highest BCUT2D eigenvalue weighted by molar-refractivity contribution is 5.37. The molecule has 0 atom stereocenters. The molecule has 28 heavy (non-hydrogen) atoms. The van der Waals surface area contributed by atoms with E-state index < -0.39 is 0 Å². The predicted octanol–water partition coefficient (Wildman–Crippen LogP) is 7.12. The van der Waals surface area contributed by atoms with Crippen LogP contribution in [0.3, 0.4) is 0 Å². The summed E-state index contributed by atoms with van der Waals surface area (Å²) in [5, 5.41) is 9.09. The standard InChI is InChI=1S/C11H17NO.C7H8.C4H8.C2H6.C2H2/c1-4-10-5-6-12(3)8-11(10)7-9(2)13;1-7-5-3-2-4-6-7;1-3-4-2;2*1-2/h4,7,13H,2,5-6,8H2,1,3H3;2-6H,1H3;3-4H,1-2H3;1-2H3;1-2H/b10-4-,11-7-;;4-3-;;. The van der Waals surface area contributed by atoms with Gasteiger partial charge in [-0.25, -0.2) is 0 Å². The molecular weight excluding hydrogens is 342 g/mol. The van der Waals surface area contributed by atoms with E-state index in [0.29, 0.717) is 0 Å². The van der Waals surface area contributed by atoms with Gasteiger partial charge in [0.1, 0.15) is 5.76 Å². The molecule has 0 amide bonds. The number of aryl methyl sites for hydroxylation is 1. The first-order chi connectivity index (χ1) is 13.4. The molecule has 1 aliphatic heterocycles. The molecular formula is C26H41NO. The van der Waals surface area contributed by atoms with Crippen molar-refractivity contribution in [1.82, 2.24) is 4.90 Å². The number of likely N-dealkylation sites (tertiary alicyclic amines) is 1. The summed E-state index contributed by atoms with van der Waals surface area (Å²) in [5.41, 5.74) is 3.83. The lowest BCUT2D eigenvalue weighted by Gasteiger charge is -2.26. The molecule has 1 aliphatic rings. The lowest BCUT2D eigenvalue weighted by Crippen LogP contribution is -2.28. The smallest absolute Gasteiger partial charge is 0.108 e. The van der Waals surface area contributed by atoms with Gasteiger partial charge in [0.05, 0.1) is 0 Å². The number of piperidine rings is 1. The molecule has 2 heteroatoms. The Hall–Kier alpha value is -2.50. The number of benzene rings is 1. The van der Waals surface area contributed by atoms with Crippen molar-refractivity contribution in [2.24, 2.45) is 0 Å². The Kier molecular flexibility index (Phi) is 24.3. The molecule has 1 fully saturated rings. The summed E-state index contributed by atoms with van der Waals surface area (Å²) in [6.45, 7) is 17.6. The van der Waals surface area contributed by atoms with Crippen molar-refractivity contribution in [2.75, 3.05) is 20.1 Å². The first-order valence-corrected chi connectivity index (χ1v) is 9.79. The Labute approximate surface area is 175 Å². The minimum atomic E-state index is 0.143. The largest absolute Gasteiger partial charge is 0.509 e. The Morgan fingerprint density at radius 1 is 1.04 bits per heavy atom. The molecule has 0 spiro atoms. The van der Waals surface area contributed by atoms with Gasteiger partial charge in [-0.1, -0.05) is 74.5 Å². The van der Waals surface area contributed by atoms with Gasteiger partial charge in [0.25, 0.3) is 0 Å². The summed E-state index contributed by atoms with van der Waals surface area (Å²) in [6, 6.07) is 10.3. The van der Waals surface area contributed by atoms with Crippen LogP contribution in [-0.2, 0) is 0 Å². The maximum atomic E-state index is 9.09. The summed E-state index contributed by atoms with van der Waals surface area (Å²) in [6.07, 6.45) is 16.9. The van der Waals surface area contributed by atoms with Crippen LogP contribution in [0.4, 0.5) is 0 Å². The van der Waals surface area contributed by atoms with Crippen LogP contribution in [0, 0.1) is 19.8 Å². The van der Waals surface area contributed by atoms with E-state index in [-0.39, 0.29) is 5.76 Å². The van der Waals surface area contributed by atoms with Crippen LogP contribution < -0.4 is 0 Å². The molecule has 0 aliphatic carbocycles. The second kappa shape index (κ2) is 22.5. The number of aliphatic hydroxyl groups is 1. The minimum Gasteiger partial charge on any atom is -0.509 e. The lowest BCUT2D eigenvalue weighted by molar-refractivity contribution is 0.346. The van der Waals surface area contributed by atoms with E-state index in [1.807, 2.05) is 65.0 Å². The number of allylic oxidation sites excluding steroid dienone is 4. The van der Waals surface area contributed by atoms with E-state index in [2.05, 4.69) is 56.5 Å². The summed E-state index contributed by atoms with van der Waals surface area (Å²) in [5.74, 6) is 0.143. The Bertz CT molecular complexity index is 587. The number of hydrogen-bond acceptors (Lipinski definition) is 2. The molecule has 1 N–H and O–H groups in total. The molecule has 156 valence electrons. The van der Waals surface area contributed by atoms with Gasteiger partial charge in [-0.05, 0) is 58.4 Å². The summed E-state index contributed by atoms with van der Waals surface area (Å²) in [7, 11) is 2.08. The van der Waals surface area contributed by atoms with Crippen molar-refractivity contribution < 1.29 is 5.11 Å². The Balaban J connectivity index is -0.000000350. The summed E-state index contributed by atoms with van der Waals surface area (Å²) < 4.78 is 0. The molecule has 0 bridgehead atoms. The second-order valence-corrected chi connectivity index (χ2v) is 5.78. The third-order valence-electron chi connectivity index (χ3n) is 3.58. The molecule has 2 rings (SSSR count). The number of rotatable bonds is 1. The molecule has 0 aromatic heterocycles.